The summed E-state index contributed by atoms with van der Waals surface area (Å²) in [6.45, 7) is 8.51. The molecule has 3 unspecified atom stereocenters. The van der Waals surface area contributed by atoms with Crippen LogP contribution in [0.5, 0.6) is 23.0 Å². The fourth-order valence-corrected chi connectivity index (χ4v) is 8.49. The normalized spacial score (nSPS) is 24.0. The third-order valence-corrected chi connectivity index (χ3v) is 10.7. The molecule has 0 saturated heterocycles. The Morgan fingerprint density at radius 2 is 1.30 bits per heavy atom. The van der Waals surface area contributed by atoms with Crippen LogP contribution in [-0.2, 0) is 37.4 Å². The van der Waals surface area contributed by atoms with Crippen molar-refractivity contribution >= 4 is 11.9 Å². The maximum absolute atomic E-state index is 14.0. The van der Waals surface area contributed by atoms with Crippen LogP contribution in [0.2, 0.25) is 0 Å². The van der Waals surface area contributed by atoms with E-state index < -0.39 is 22.9 Å². The van der Waals surface area contributed by atoms with Crippen molar-refractivity contribution in [3.8, 4) is 23.0 Å². The molecular formula is C36H50N2O8. The molecule has 2 aromatic rings. The fourth-order valence-electron chi connectivity index (χ4n) is 8.49. The average molecular weight is 639 g/mol. The van der Waals surface area contributed by atoms with Gasteiger partial charge in [0.2, 0.25) is 0 Å². The van der Waals surface area contributed by atoms with E-state index in [-0.39, 0.29) is 31.6 Å². The van der Waals surface area contributed by atoms with E-state index in [2.05, 4.69) is 48.0 Å². The zero-order valence-corrected chi connectivity index (χ0v) is 28.7. The molecule has 1 aliphatic carbocycles. The molecule has 10 nitrogen and oxygen atoms in total. The van der Waals surface area contributed by atoms with Gasteiger partial charge < -0.3 is 28.4 Å². The Labute approximate surface area is 273 Å². The second-order valence-electron chi connectivity index (χ2n) is 12.5. The van der Waals surface area contributed by atoms with Crippen molar-refractivity contribution in [3.05, 3.63) is 46.5 Å². The Hall–Kier alpha value is -3.50. The van der Waals surface area contributed by atoms with E-state index in [0.717, 1.165) is 43.6 Å². The summed E-state index contributed by atoms with van der Waals surface area (Å²) in [5.74, 6) is 1.44. The summed E-state index contributed by atoms with van der Waals surface area (Å²) in [7, 11) is 8.79. The number of hydrogen-bond acceptors (Lipinski definition) is 10. The van der Waals surface area contributed by atoms with Gasteiger partial charge in [-0.25, -0.2) is 0 Å². The van der Waals surface area contributed by atoms with Gasteiger partial charge in [-0.1, -0.05) is 6.92 Å². The van der Waals surface area contributed by atoms with Crippen molar-refractivity contribution in [2.24, 2.45) is 11.3 Å². The topological polar surface area (TPSA) is 96.0 Å². The van der Waals surface area contributed by atoms with Crippen LogP contribution in [0, 0.1) is 11.3 Å². The Balaban J connectivity index is 1.82. The SMILES string of the molecule is CCOC(=O)C1(C(=O)OCC)CCC2(c3cc(OC)c(OC)cc3CCN2C)C(C2c3cc(OC)c(OC)cc3CCN2CC)C1. The number of esters is 2. The van der Waals surface area contributed by atoms with E-state index in [1.54, 1.807) is 42.3 Å². The molecule has 0 radical (unpaired) electrons. The minimum Gasteiger partial charge on any atom is -0.493 e. The largest absolute Gasteiger partial charge is 0.493 e. The van der Waals surface area contributed by atoms with Crippen LogP contribution in [0.25, 0.3) is 0 Å². The molecule has 5 rings (SSSR count). The van der Waals surface area contributed by atoms with Gasteiger partial charge in [0.05, 0.1) is 47.2 Å². The molecule has 3 atom stereocenters. The van der Waals surface area contributed by atoms with Gasteiger partial charge in [0.1, 0.15) is 0 Å². The number of likely N-dealkylation sites (N-methyl/N-ethyl adjacent to an activating group) is 2. The van der Waals surface area contributed by atoms with Gasteiger partial charge in [-0.3, -0.25) is 19.4 Å². The van der Waals surface area contributed by atoms with Gasteiger partial charge in [0.15, 0.2) is 28.4 Å². The summed E-state index contributed by atoms with van der Waals surface area (Å²) in [6, 6.07) is 8.24. The molecular weight excluding hydrogens is 588 g/mol. The highest BCUT2D eigenvalue weighted by Gasteiger charge is 2.63. The minimum absolute atomic E-state index is 0.154. The van der Waals surface area contributed by atoms with Crippen molar-refractivity contribution < 1.29 is 38.0 Å². The van der Waals surface area contributed by atoms with Crippen LogP contribution in [0.1, 0.15) is 68.3 Å². The van der Waals surface area contributed by atoms with Crippen LogP contribution in [0.15, 0.2) is 24.3 Å². The number of rotatable bonds is 10. The van der Waals surface area contributed by atoms with Crippen LogP contribution in [0.4, 0.5) is 0 Å². The molecule has 46 heavy (non-hydrogen) atoms. The Morgan fingerprint density at radius 1 is 0.761 bits per heavy atom. The maximum atomic E-state index is 14.0. The Morgan fingerprint density at radius 3 is 1.87 bits per heavy atom. The number of nitrogens with zero attached hydrogens (tertiary/aromatic N) is 2. The molecule has 0 bridgehead atoms. The average Bonchev–Trinajstić information content (AvgIpc) is 3.08. The number of benzene rings is 2. The molecule has 2 heterocycles. The standard InChI is InChI=1S/C36H50N2O8/c1-9-38-17-13-23-18-28(41-5)30(43-7)20-25(23)32(38)27-22-35(33(39)45-10-2,34(40)46-11-3)14-15-36(27)26-21-31(44-8)29(42-6)19-24(26)12-16-37(36)4/h18-21,27,32H,9-17,22H2,1-8H3. The van der Waals surface area contributed by atoms with Crippen LogP contribution in [-0.4, -0.2) is 90.1 Å². The van der Waals surface area contributed by atoms with Crippen molar-refractivity contribution in [3.63, 3.8) is 0 Å². The zero-order valence-electron chi connectivity index (χ0n) is 28.7. The van der Waals surface area contributed by atoms with Crippen molar-refractivity contribution in [2.75, 3.05) is 68.3 Å². The minimum atomic E-state index is -1.44. The quantitative estimate of drug-likeness (QED) is 0.263. The summed E-state index contributed by atoms with van der Waals surface area (Å²) in [5, 5.41) is 0. The molecule has 0 N–H and O–H groups in total. The van der Waals surface area contributed by atoms with Crippen LogP contribution in [0.3, 0.4) is 0 Å². The molecule has 2 aromatic carbocycles. The lowest BCUT2D eigenvalue weighted by molar-refractivity contribution is -0.183. The van der Waals surface area contributed by atoms with Crippen molar-refractivity contribution in [2.45, 2.75) is 64.5 Å². The van der Waals surface area contributed by atoms with Crippen molar-refractivity contribution in [1.29, 1.82) is 0 Å². The lowest BCUT2D eigenvalue weighted by Crippen LogP contribution is -2.63. The highest BCUT2D eigenvalue weighted by Crippen LogP contribution is 2.61. The summed E-state index contributed by atoms with van der Waals surface area (Å²) >= 11 is 0. The number of carbonyl (C=O) groups excluding carboxylic acids is 2. The fraction of sp³-hybridized carbons (Fsp3) is 0.611. The molecule has 1 saturated carbocycles. The number of carbonyl (C=O) groups is 2. The predicted octanol–water partition coefficient (Wildman–Crippen LogP) is 4.94. The molecule has 3 aliphatic rings. The third-order valence-electron chi connectivity index (χ3n) is 10.7. The molecule has 252 valence electrons. The van der Waals surface area contributed by atoms with E-state index in [9.17, 15) is 9.59 Å². The summed E-state index contributed by atoms with van der Waals surface area (Å²) in [6.07, 6.45) is 2.79. The zero-order chi connectivity index (χ0) is 33.2. The van der Waals surface area contributed by atoms with E-state index in [1.807, 2.05) is 0 Å². The first-order chi connectivity index (χ1) is 22.2. The first-order valence-electron chi connectivity index (χ1n) is 16.5. The van der Waals surface area contributed by atoms with Gasteiger partial charge in [0.25, 0.3) is 0 Å². The first kappa shape index (κ1) is 33.9. The number of methoxy groups -OCH3 is 4. The van der Waals surface area contributed by atoms with Crippen LogP contribution >= 0.6 is 0 Å². The number of hydrogen-bond donors (Lipinski definition) is 0. The van der Waals surface area contributed by atoms with Gasteiger partial charge >= 0.3 is 11.9 Å². The first-order valence-corrected chi connectivity index (χ1v) is 16.5. The second-order valence-corrected chi connectivity index (χ2v) is 12.5. The smallest absolute Gasteiger partial charge is 0.323 e. The number of fused-ring (bicyclic) bond motifs is 3. The second kappa shape index (κ2) is 13.7. The van der Waals surface area contributed by atoms with Crippen LogP contribution < -0.4 is 18.9 Å². The van der Waals surface area contributed by atoms with Crippen molar-refractivity contribution in [1.82, 2.24) is 9.80 Å². The Kier molecular flexibility index (Phi) is 10.1. The highest BCUT2D eigenvalue weighted by atomic mass is 16.6. The van der Waals surface area contributed by atoms with E-state index in [0.29, 0.717) is 35.8 Å². The third kappa shape index (κ3) is 5.37. The van der Waals surface area contributed by atoms with Gasteiger partial charge in [-0.15, -0.1) is 0 Å². The van der Waals surface area contributed by atoms with E-state index in [4.69, 9.17) is 28.4 Å². The molecule has 2 aliphatic heterocycles. The lowest BCUT2D eigenvalue weighted by Gasteiger charge is -2.60. The van der Waals surface area contributed by atoms with E-state index >= 15 is 0 Å². The molecule has 1 spiro atoms. The summed E-state index contributed by atoms with van der Waals surface area (Å²) in [4.78, 5) is 32.9. The monoisotopic (exact) mass is 638 g/mol. The van der Waals surface area contributed by atoms with Gasteiger partial charge in [-0.05, 0) is 106 Å². The highest BCUT2D eigenvalue weighted by molar-refractivity contribution is 6.00. The van der Waals surface area contributed by atoms with Gasteiger partial charge in [0, 0.05) is 25.0 Å². The van der Waals surface area contributed by atoms with E-state index in [1.165, 1.54) is 11.1 Å². The molecule has 0 aromatic heterocycles. The van der Waals surface area contributed by atoms with Gasteiger partial charge in [-0.2, -0.15) is 0 Å². The summed E-state index contributed by atoms with van der Waals surface area (Å²) < 4.78 is 34.5. The Bertz CT molecular complexity index is 1430. The molecule has 0 amide bonds. The predicted molar refractivity (Wildman–Crippen MR) is 174 cm³/mol. The molecule has 10 heteroatoms. The number of ether oxygens (including phenoxy) is 6. The summed E-state index contributed by atoms with van der Waals surface area (Å²) in [5.41, 5.74) is 2.65. The molecule has 1 fully saturated rings. The lowest BCUT2D eigenvalue weighted by atomic mass is 9.54. The maximum Gasteiger partial charge on any atom is 0.323 e.